The average Bonchev–Trinajstić information content (AvgIpc) is 3.03. The number of carbonyl (C=O) groups is 2. The lowest BCUT2D eigenvalue weighted by Crippen LogP contribution is -2.49. The molecule has 1 aromatic rings. The third-order valence-corrected chi connectivity index (χ3v) is 4.41. The SMILES string of the molecule is [B]C1([B])COC2(C[C@@H](C(=O)OC)N(C(=O)OCc3ccccc3)C2)OC1. The van der Waals surface area contributed by atoms with Gasteiger partial charge in [-0.05, 0) is 5.56 Å². The highest BCUT2D eigenvalue weighted by Gasteiger charge is 2.54. The first-order valence-electron chi connectivity index (χ1n) is 8.25. The number of likely N-dealkylation sites (tertiary alicyclic amines) is 1. The van der Waals surface area contributed by atoms with Crippen LogP contribution in [0.1, 0.15) is 12.0 Å². The molecular weight excluding hydrogens is 336 g/mol. The van der Waals surface area contributed by atoms with Gasteiger partial charge in [0.2, 0.25) is 0 Å². The molecule has 0 N–H and O–H groups in total. The quantitative estimate of drug-likeness (QED) is 0.589. The number of esters is 1. The number of hydrogen-bond donors (Lipinski definition) is 0. The zero-order valence-electron chi connectivity index (χ0n) is 14.6. The fourth-order valence-electron chi connectivity index (χ4n) is 3.00. The highest BCUT2D eigenvalue weighted by atomic mass is 16.7. The molecule has 1 aromatic carbocycles. The molecule has 2 fully saturated rings. The predicted octanol–water partition coefficient (Wildman–Crippen LogP) is 0.767. The standard InChI is InChI=1S/C17H19B2NO6/c1-23-14(21)13-7-17(25-10-16(18,19)11-26-17)9-20(13)15(22)24-8-12-5-3-2-4-6-12/h2-6,13H,7-11H2,1H3/t13-/m0/s1. The van der Waals surface area contributed by atoms with Gasteiger partial charge in [0, 0.05) is 19.6 Å². The summed E-state index contributed by atoms with van der Waals surface area (Å²) in [6.07, 6.45) is -0.526. The van der Waals surface area contributed by atoms with Crippen LogP contribution < -0.4 is 0 Å². The molecular formula is C17H19B2NO6. The van der Waals surface area contributed by atoms with Crippen molar-refractivity contribution in [1.29, 1.82) is 0 Å². The second-order valence-corrected chi connectivity index (χ2v) is 6.63. The number of ether oxygens (including phenoxy) is 4. The van der Waals surface area contributed by atoms with Crippen molar-refractivity contribution in [2.45, 2.75) is 30.1 Å². The van der Waals surface area contributed by atoms with E-state index in [1.165, 1.54) is 12.0 Å². The van der Waals surface area contributed by atoms with Gasteiger partial charge in [-0.1, -0.05) is 35.5 Å². The summed E-state index contributed by atoms with van der Waals surface area (Å²) in [6, 6.07) is 8.38. The molecule has 1 amide bonds. The molecule has 7 nitrogen and oxygen atoms in total. The molecule has 0 aliphatic carbocycles. The van der Waals surface area contributed by atoms with E-state index in [1.807, 2.05) is 30.3 Å². The predicted molar refractivity (Wildman–Crippen MR) is 92.6 cm³/mol. The zero-order valence-corrected chi connectivity index (χ0v) is 14.6. The molecule has 0 unspecified atom stereocenters. The molecule has 134 valence electrons. The van der Waals surface area contributed by atoms with Crippen LogP contribution >= 0.6 is 0 Å². The molecule has 0 saturated carbocycles. The first-order chi connectivity index (χ1) is 12.3. The summed E-state index contributed by atoms with van der Waals surface area (Å²) in [5.41, 5.74) is 0.839. The van der Waals surface area contributed by atoms with Crippen LogP contribution in [0.2, 0.25) is 5.21 Å². The molecule has 9 heteroatoms. The van der Waals surface area contributed by atoms with Crippen LogP contribution in [0.15, 0.2) is 30.3 Å². The maximum absolute atomic E-state index is 12.5. The molecule has 2 aliphatic heterocycles. The van der Waals surface area contributed by atoms with E-state index >= 15 is 0 Å². The minimum absolute atomic E-state index is 0.0243. The summed E-state index contributed by atoms with van der Waals surface area (Å²) in [4.78, 5) is 25.9. The summed E-state index contributed by atoms with van der Waals surface area (Å²) in [7, 11) is 12.8. The van der Waals surface area contributed by atoms with Crippen molar-refractivity contribution < 1.29 is 28.5 Å². The van der Waals surface area contributed by atoms with E-state index in [1.54, 1.807) is 0 Å². The van der Waals surface area contributed by atoms with Gasteiger partial charge in [-0.25, -0.2) is 9.59 Å². The van der Waals surface area contributed by atoms with E-state index in [-0.39, 0.29) is 32.8 Å². The van der Waals surface area contributed by atoms with Gasteiger partial charge in [-0.2, -0.15) is 0 Å². The van der Waals surface area contributed by atoms with Gasteiger partial charge in [-0.3, -0.25) is 4.90 Å². The van der Waals surface area contributed by atoms with Crippen LogP contribution in [0.5, 0.6) is 0 Å². The van der Waals surface area contributed by atoms with Crippen molar-refractivity contribution in [3.05, 3.63) is 35.9 Å². The Morgan fingerprint density at radius 2 is 1.88 bits per heavy atom. The second-order valence-electron chi connectivity index (χ2n) is 6.63. The number of hydrogen-bond acceptors (Lipinski definition) is 6. The van der Waals surface area contributed by atoms with Crippen LogP contribution in [0, 0.1) is 0 Å². The molecule has 3 rings (SSSR count). The highest BCUT2D eigenvalue weighted by molar-refractivity contribution is 6.40. The Morgan fingerprint density at radius 3 is 2.50 bits per heavy atom. The fraction of sp³-hybridized carbons (Fsp3) is 0.529. The smallest absolute Gasteiger partial charge is 0.411 e. The van der Waals surface area contributed by atoms with Gasteiger partial charge >= 0.3 is 12.1 Å². The highest BCUT2D eigenvalue weighted by Crippen LogP contribution is 2.39. The monoisotopic (exact) mass is 355 g/mol. The molecule has 1 atom stereocenters. The molecule has 26 heavy (non-hydrogen) atoms. The summed E-state index contributed by atoms with van der Waals surface area (Å²) in [5, 5.41) is -1.10. The Labute approximate surface area is 154 Å². The van der Waals surface area contributed by atoms with Crippen LogP contribution in [-0.2, 0) is 30.3 Å². The van der Waals surface area contributed by atoms with Crippen LogP contribution in [0.25, 0.3) is 0 Å². The van der Waals surface area contributed by atoms with Gasteiger partial charge < -0.3 is 18.9 Å². The molecule has 0 aromatic heterocycles. The van der Waals surface area contributed by atoms with Gasteiger partial charge in [0.15, 0.2) is 5.79 Å². The van der Waals surface area contributed by atoms with E-state index in [4.69, 9.17) is 34.6 Å². The molecule has 0 bridgehead atoms. The van der Waals surface area contributed by atoms with E-state index in [9.17, 15) is 9.59 Å². The van der Waals surface area contributed by atoms with Crippen LogP contribution in [-0.4, -0.2) is 71.4 Å². The van der Waals surface area contributed by atoms with Crippen molar-refractivity contribution >= 4 is 27.8 Å². The lowest BCUT2D eigenvalue weighted by atomic mass is 9.55. The lowest BCUT2D eigenvalue weighted by Gasteiger charge is -2.41. The van der Waals surface area contributed by atoms with Crippen molar-refractivity contribution in [2.24, 2.45) is 0 Å². The third-order valence-electron chi connectivity index (χ3n) is 4.41. The summed E-state index contributed by atoms with van der Waals surface area (Å²) < 4.78 is 21.5. The number of amides is 1. The summed E-state index contributed by atoms with van der Waals surface area (Å²) >= 11 is 0. The Morgan fingerprint density at radius 1 is 1.23 bits per heavy atom. The minimum atomic E-state index is -1.15. The van der Waals surface area contributed by atoms with Gasteiger partial charge in [-0.15, -0.1) is 0 Å². The van der Waals surface area contributed by atoms with Crippen molar-refractivity contribution in [3.8, 4) is 0 Å². The Bertz CT molecular complexity index is 658. The molecule has 2 saturated heterocycles. The van der Waals surface area contributed by atoms with Gasteiger partial charge in [0.1, 0.15) is 12.6 Å². The maximum Gasteiger partial charge on any atom is 0.411 e. The van der Waals surface area contributed by atoms with E-state index in [0.29, 0.717) is 0 Å². The number of carbonyl (C=O) groups excluding carboxylic acids is 2. The average molecular weight is 355 g/mol. The summed E-state index contributed by atoms with van der Waals surface area (Å²) in [5.74, 6) is -1.71. The van der Waals surface area contributed by atoms with E-state index < -0.39 is 29.1 Å². The molecule has 2 aliphatic rings. The number of nitrogens with zero attached hydrogens (tertiary/aromatic N) is 1. The van der Waals surface area contributed by atoms with Crippen molar-refractivity contribution in [3.63, 3.8) is 0 Å². The topological polar surface area (TPSA) is 74.3 Å². The fourth-order valence-corrected chi connectivity index (χ4v) is 3.00. The van der Waals surface area contributed by atoms with E-state index in [2.05, 4.69) is 0 Å². The van der Waals surface area contributed by atoms with Gasteiger partial charge in [0.25, 0.3) is 0 Å². The van der Waals surface area contributed by atoms with E-state index in [0.717, 1.165) is 5.56 Å². The molecule has 1 spiro atoms. The number of methoxy groups -OCH3 is 1. The minimum Gasteiger partial charge on any atom is -0.467 e. The van der Waals surface area contributed by atoms with Gasteiger partial charge in [0.05, 0.1) is 29.3 Å². The van der Waals surface area contributed by atoms with Crippen LogP contribution in [0.3, 0.4) is 0 Å². The Hall–Kier alpha value is -1.99. The maximum atomic E-state index is 12.5. The molecule has 4 radical (unpaired) electrons. The lowest BCUT2D eigenvalue weighted by molar-refractivity contribution is -0.261. The largest absolute Gasteiger partial charge is 0.467 e. The summed E-state index contributed by atoms with van der Waals surface area (Å²) in [6.45, 7) is 0.214. The van der Waals surface area contributed by atoms with Crippen molar-refractivity contribution in [2.75, 3.05) is 26.9 Å². The van der Waals surface area contributed by atoms with Crippen molar-refractivity contribution in [1.82, 2.24) is 4.90 Å². The first kappa shape index (κ1) is 18.8. The van der Waals surface area contributed by atoms with Crippen LogP contribution in [0.4, 0.5) is 4.79 Å². The normalized spacial score (nSPS) is 23.6. The Kier molecular flexibility index (Phi) is 5.29. The third kappa shape index (κ3) is 4.04. The first-order valence-corrected chi connectivity index (χ1v) is 8.25. The number of benzene rings is 1. The Balaban J connectivity index is 1.69. The second kappa shape index (κ2) is 7.32. The molecule has 2 heterocycles. The number of rotatable bonds is 3. The zero-order chi connectivity index (χ0) is 18.8.